The number of nitrogens with zero attached hydrogens (tertiary/aromatic N) is 3. The summed E-state index contributed by atoms with van der Waals surface area (Å²) >= 11 is 5.98. The fourth-order valence-corrected chi connectivity index (χ4v) is 6.80. The number of piperidine rings is 1. The molecule has 0 radical (unpaired) electrons. The molecule has 10 heteroatoms. The second-order valence-electron chi connectivity index (χ2n) is 11.9. The molecule has 8 nitrogen and oxygen atoms in total. The number of imidazole rings is 1. The van der Waals surface area contributed by atoms with Gasteiger partial charge in [0.2, 0.25) is 0 Å². The molecule has 3 unspecified atom stereocenters. The summed E-state index contributed by atoms with van der Waals surface area (Å²) in [6.45, 7) is 5.53. The van der Waals surface area contributed by atoms with Gasteiger partial charge >= 0.3 is 5.97 Å². The van der Waals surface area contributed by atoms with E-state index in [1.54, 1.807) is 18.2 Å². The molecule has 0 spiro atoms. The molecule has 0 N–H and O–H groups in total. The molecule has 3 aliphatic heterocycles. The monoisotopic (exact) mass is 619 g/mol. The summed E-state index contributed by atoms with van der Waals surface area (Å²) in [4.78, 5) is 19.7. The molecule has 7 rings (SSSR count). The van der Waals surface area contributed by atoms with Gasteiger partial charge in [0.25, 0.3) is 0 Å². The first kappa shape index (κ1) is 29.1. The number of ether oxygens (including phenoxy) is 4. The molecule has 4 atom stereocenters. The highest BCUT2D eigenvalue weighted by Gasteiger charge is 2.34. The van der Waals surface area contributed by atoms with Gasteiger partial charge in [-0.15, -0.1) is 0 Å². The van der Waals surface area contributed by atoms with Crippen LogP contribution in [0.3, 0.4) is 0 Å². The van der Waals surface area contributed by atoms with Crippen LogP contribution in [0.4, 0.5) is 4.39 Å². The van der Waals surface area contributed by atoms with Gasteiger partial charge < -0.3 is 23.5 Å². The van der Waals surface area contributed by atoms with E-state index in [1.165, 1.54) is 13.2 Å². The van der Waals surface area contributed by atoms with Crippen molar-refractivity contribution in [3.05, 3.63) is 88.0 Å². The van der Waals surface area contributed by atoms with E-state index in [9.17, 15) is 9.18 Å². The fraction of sp³-hybridized carbons (Fsp3) is 0.412. The van der Waals surface area contributed by atoms with Gasteiger partial charge in [0, 0.05) is 28.8 Å². The number of esters is 1. The summed E-state index contributed by atoms with van der Waals surface area (Å²) in [6.07, 6.45) is 2.47. The standard InChI is InChI=1S/C34H35ClFN3O5/c1-20-14-21(25-4-3-5-30-33(25)44-31(19-43-30)26-8-7-23(35)16-27(26)36)10-12-38(20)18-32-37-28-9-6-22(34(40)41-2)15-29(28)39(32)17-24-11-13-42-24/h3-9,15-16,20-21,24,31H,10-14,17-19H2,1-2H3/t20?,21?,24?,31-/m1/s1. The van der Waals surface area contributed by atoms with Gasteiger partial charge in [0.15, 0.2) is 17.6 Å². The quantitative estimate of drug-likeness (QED) is 0.214. The van der Waals surface area contributed by atoms with Crippen molar-refractivity contribution in [2.75, 3.05) is 26.9 Å². The van der Waals surface area contributed by atoms with Crippen LogP contribution in [-0.2, 0) is 22.6 Å². The first-order chi connectivity index (χ1) is 21.4. The van der Waals surface area contributed by atoms with Crippen LogP contribution >= 0.6 is 11.6 Å². The highest BCUT2D eigenvalue weighted by atomic mass is 35.5. The van der Waals surface area contributed by atoms with Crippen molar-refractivity contribution < 1.29 is 28.1 Å². The predicted octanol–water partition coefficient (Wildman–Crippen LogP) is 6.68. The minimum Gasteiger partial charge on any atom is -0.485 e. The highest BCUT2D eigenvalue weighted by Crippen LogP contribution is 2.45. The van der Waals surface area contributed by atoms with E-state index < -0.39 is 11.9 Å². The molecule has 2 fully saturated rings. The van der Waals surface area contributed by atoms with Gasteiger partial charge in [0.05, 0.1) is 42.9 Å². The van der Waals surface area contributed by atoms with Crippen LogP contribution < -0.4 is 9.47 Å². The third-order valence-corrected chi connectivity index (χ3v) is 9.43. The fourth-order valence-electron chi connectivity index (χ4n) is 6.65. The zero-order valence-electron chi connectivity index (χ0n) is 24.8. The summed E-state index contributed by atoms with van der Waals surface area (Å²) in [6, 6.07) is 16.5. The second-order valence-corrected chi connectivity index (χ2v) is 12.4. The molecular weight excluding hydrogens is 585 g/mol. The van der Waals surface area contributed by atoms with Crippen molar-refractivity contribution in [1.29, 1.82) is 0 Å². The number of hydrogen-bond acceptors (Lipinski definition) is 7. The predicted molar refractivity (Wildman–Crippen MR) is 164 cm³/mol. The minimum atomic E-state index is -0.550. The zero-order chi connectivity index (χ0) is 30.4. The molecule has 230 valence electrons. The molecule has 0 saturated carbocycles. The molecule has 4 aromatic rings. The van der Waals surface area contributed by atoms with E-state index in [2.05, 4.69) is 22.5 Å². The van der Waals surface area contributed by atoms with Gasteiger partial charge in [-0.3, -0.25) is 4.90 Å². The Hall–Kier alpha value is -3.66. The average Bonchev–Trinajstić information content (AvgIpc) is 3.34. The minimum absolute atomic E-state index is 0.146. The zero-order valence-corrected chi connectivity index (χ0v) is 25.6. The molecule has 3 aromatic carbocycles. The molecule has 1 aromatic heterocycles. The van der Waals surface area contributed by atoms with Crippen molar-refractivity contribution >= 4 is 28.6 Å². The Morgan fingerprint density at radius 3 is 2.75 bits per heavy atom. The number of rotatable bonds is 7. The van der Waals surface area contributed by atoms with Crippen molar-refractivity contribution in [2.24, 2.45) is 0 Å². The van der Waals surface area contributed by atoms with Crippen LogP contribution in [0, 0.1) is 5.82 Å². The van der Waals surface area contributed by atoms with Crippen molar-refractivity contribution in [3.8, 4) is 11.5 Å². The van der Waals surface area contributed by atoms with Gasteiger partial charge in [0.1, 0.15) is 18.2 Å². The Balaban J connectivity index is 1.10. The van der Waals surface area contributed by atoms with Crippen LogP contribution in [0.5, 0.6) is 11.5 Å². The van der Waals surface area contributed by atoms with E-state index in [0.717, 1.165) is 54.8 Å². The Labute approximate surface area is 260 Å². The summed E-state index contributed by atoms with van der Waals surface area (Å²) in [5.41, 5.74) is 3.81. The lowest BCUT2D eigenvalue weighted by Gasteiger charge is -2.39. The highest BCUT2D eigenvalue weighted by molar-refractivity contribution is 6.30. The SMILES string of the molecule is COC(=O)c1ccc2nc(CN3CCC(c4cccc5c4O[C@@H](c4ccc(Cl)cc4F)CO5)CC3C)n(CC3CCO3)c2c1. The largest absolute Gasteiger partial charge is 0.485 e. The van der Waals surface area contributed by atoms with Crippen LogP contribution in [0.15, 0.2) is 54.6 Å². The maximum atomic E-state index is 14.7. The molecule has 3 aliphatic rings. The lowest BCUT2D eigenvalue weighted by molar-refractivity contribution is -0.0592. The average molecular weight is 620 g/mol. The smallest absolute Gasteiger partial charge is 0.337 e. The van der Waals surface area contributed by atoms with Crippen molar-refractivity contribution in [3.63, 3.8) is 0 Å². The Kier molecular flexibility index (Phi) is 7.95. The topological polar surface area (TPSA) is 75.0 Å². The molecular formula is C34H35ClFN3O5. The number of likely N-dealkylation sites (tertiary alicyclic amines) is 1. The van der Waals surface area contributed by atoms with Gasteiger partial charge in [-0.2, -0.15) is 0 Å². The molecule has 0 aliphatic carbocycles. The molecule has 4 heterocycles. The summed E-state index contributed by atoms with van der Waals surface area (Å²) in [5, 5.41) is 0.350. The number of hydrogen-bond donors (Lipinski definition) is 0. The lowest BCUT2D eigenvalue weighted by atomic mass is 9.85. The van der Waals surface area contributed by atoms with Crippen molar-refractivity contribution in [1.82, 2.24) is 14.5 Å². The Bertz CT molecular complexity index is 1710. The second kappa shape index (κ2) is 12.0. The van der Waals surface area contributed by atoms with Crippen LogP contribution in [0.2, 0.25) is 5.02 Å². The number of benzene rings is 3. The van der Waals surface area contributed by atoms with E-state index in [4.69, 9.17) is 35.5 Å². The summed E-state index contributed by atoms with van der Waals surface area (Å²) in [7, 11) is 1.39. The Morgan fingerprint density at radius 2 is 2.00 bits per heavy atom. The summed E-state index contributed by atoms with van der Waals surface area (Å²) < 4.78 is 40.2. The number of carbonyl (C=O) groups is 1. The number of carbonyl (C=O) groups excluding carboxylic acids is 1. The van der Waals surface area contributed by atoms with Gasteiger partial charge in [-0.25, -0.2) is 14.2 Å². The number of halogens is 2. The maximum absolute atomic E-state index is 14.7. The summed E-state index contributed by atoms with van der Waals surface area (Å²) in [5.74, 6) is 1.86. The third-order valence-electron chi connectivity index (χ3n) is 9.20. The van der Waals surface area contributed by atoms with Crippen LogP contribution in [0.1, 0.15) is 65.5 Å². The number of para-hydroxylation sites is 1. The molecule has 2 saturated heterocycles. The van der Waals surface area contributed by atoms with Crippen LogP contribution in [0.25, 0.3) is 11.0 Å². The van der Waals surface area contributed by atoms with E-state index in [-0.39, 0.29) is 30.6 Å². The maximum Gasteiger partial charge on any atom is 0.337 e. The van der Waals surface area contributed by atoms with Gasteiger partial charge in [-0.05, 0) is 75.0 Å². The van der Waals surface area contributed by atoms with E-state index in [0.29, 0.717) is 40.7 Å². The normalized spacial score (nSPS) is 23.4. The first-order valence-electron chi connectivity index (χ1n) is 15.2. The van der Waals surface area contributed by atoms with Gasteiger partial charge in [-0.1, -0.05) is 29.8 Å². The number of methoxy groups -OCH3 is 1. The van der Waals surface area contributed by atoms with E-state index in [1.807, 2.05) is 24.3 Å². The van der Waals surface area contributed by atoms with Crippen LogP contribution in [-0.4, -0.2) is 59.4 Å². The molecule has 44 heavy (non-hydrogen) atoms. The molecule has 0 bridgehead atoms. The Morgan fingerprint density at radius 1 is 1.14 bits per heavy atom. The molecule has 0 amide bonds. The van der Waals surface area contributed by atoms with E-state index >= 15 is 0 Å². The number of fused-ring (bicyclic) bond motifs is 2. The van der Waals surface area contributed by atoms with Crippen molar-refractivity contribution in [2.45, 2.75) is 63.4 Å². The number of aromatic nitrogens is 2. The third kappa shape index (κ3) is 5.53. The lowest BCUT2D eigenvalue weighted by Crippen LogP contribution is -2.40. The first-order valence-corrected chi connectivity index (χ1v) is 15.6.